The van der Waals surface area contributed by atoms with E-state index in [2.05, 4.69) is 22.2 Å². The van der Waals surface area contributed by atoms with Crippen LogP contribution in [0.15, 0.2) is 18.5 Å². The summed E-state index contributed by atoms with van der Waals surface area (Å²) in [7, 11) is 0. The maximum atomic E-state index is 4.21. The normalized spacial score (nSPS) is 21.7. The first-order valence-electron chi connectivity index (χ1n) is 6.31. The topological polar surface area (TPSA) is 33.1 Å². The molecule has 1 aromatic heterocycles. The second kappa shape index (κ2) is 6.01. The molecule has 0 radical (unpaired) electrons. The van der Waals surface area contributed by atoms with Crippen LogP contribution in [0.5, 0.6) is 0 Å². The summed E-state index contributed by atoms with van der Waals surface area (Å²) in [6.45, 7) is 7.97. The second-order valence-electron chi connectivity index (χ2n) is 4.47. The Labute approximate surface area is 97.6 Å². The predicted molar refractivity (Wildman–Crippen MR) is 65.4 cm³/mol. The molecule has 1 aromatic rings. The van der Waals surface area contributed by atoms with Crippen molar-refractivity contribution in [2.75, 3.05) is 26.2 Å². The Morgan fingerprint density at radius 1 is 1.44 bits per heavy atom. The van der Waals surface area contributed by atoms with Crippen molar-refractivity contribution in [1.29, 1.82) is 0 Å². The van der Waals surface area contributed by atoms with Gasteiger partial charge in [-0.25, -0.2) is 0 Å². The molecule has 1 unspecified atom stereocenters. The van der Waals surface area contributed by atoms with Crippen LogP contribution in [0, 0.1) is 0 Å². The van der Waals surface area contributed by atoms with Gasteiger partial charge in [-0.1, -0.05) is 6.92 Å². The van der Waals surface area contributed by atoms with Gasteiger partial charge in [0.05, 0.1) is 0 Å². The Hall–Kier alpha value is -0.870. The highest BCUT2D eigenvalue weighted by Gasteiger charge is 2.20. The number of likely N-dealkylation sites (tertiary alicyclic amines) is 1. The standard InChI is InChI=1S/C12H22N4/c1-2-13-12-5-10-15(11-12)7-4-9-16-8-3-6-14-16/h3,6,8,12-13H,2,4-5,7,9-11H2,1H3. The van der Waals surface area contributed by atoms with Crippen LogP contribution < -0.4 is 5.32 Å². The lowest BCUT2D eigenvalue weighted by atomic mass is 10.3. The summed E-state index contributed by atoms with van der Waals surface area (Å²) in [5, 5.41) is 7.73. The first kappa shape index (κ1) is 11.6. The maximum Gasteiger partial charge on any atom is 0.0489 e. The number of rotatable bonds is 6. The summed E-state index contributed by atoms with van der Waals surface area (Å²) >= 11 is 0. The molecular formula is C12H22N4. The first-order chi connectivity index (χ1) is 7.88. The average molecular weight is 222 g/mol. The van der Waals surface area contributed by atoms with Gasteiger partial charge in [0, 0.05) is 31.5 Å². The molecule has 4 heteroatoms. The summed E-state index contributed by atoms with van der Waals surface area (Å²) < 4.78 is 2.01. The summed E-state index contributed by atoms with van der Waals surface area (Å²) in [5.41, 5.74) is 0. The van der Waals surface area contributed by atoms with E-state index in [1.165, 1.54) is 32.5 Å². The highest BCUT2D eigenvalue weighted by atomic mass is 15.3. The minimum atomic E-state index is 0.717. The van der Waals surface area contributed by atoms with Gasteiger partial charge in [0.15, 0.2) is 0 Å². The lowest BCUT2D eigenvalue weighted by molar-refractivity contribution is 0.313. The molecule has 0 spiro atoms. The number of likely N-dealkylation sites (N-methyl/N-ethyl adjacent to an activating group) is 1. The van der Waals surface area contributed by atoms with Crippen LogP contribution in [-0.4, -0.2) is 46.9 Å². The molecule has 0 amide bonds. The number of hydrogen-bond donors (Lipinski definition) is 1. The molecule has 2 rings (SSSR count). The fraction of sp³-hybridized carbons (Fsp3) is 0.750. The van der Waals surface area contributed by atoms with Crippen molar-refractivity contribution in [1.82, 2.24) is 20.0 Å². The molecule has 0 aromatic carbocycles. The van der Waals surface area contributed by atoms with E-state index in [0.717, 1.165) is 19.1 Å². The van der Waals surface area contributed by atoms with Gasteiger partial charge in [0.25, 0.3) is 0 Å². The molecule has 1 fully saturated rings. The van der Waals surface area contributed by atoms with E-state index in [1.807, 2.05) is 23.1 Å². The minimum absolute atomic E-state index is 0.717. The first-order valence-corrected chi connectivity index (χ1v) is 6.31. The maximum absolute atomic E-state index is 4.21. The van der Waals surface area contributed by atoms with Crippen LogP contribution in [0.2, 0.25) is 0 Å². The van der Waals surface area contributed by atoms with Crippen molar-refractivity contribution in [3.05, 3.63) is 18.5 Å². The quantitative estimate of drug-likeness (QED) is 0.778. The van der Waals surface area contributed by atoms with Crippen LogP contribution in [-0.2, 0) is 6.54 Å². The summed E-state index contributed by atoms with van der Waals surface area (Å²) in [4.78, 5) is 2.55. The van der Waals surface area contributed by atoms with Crippen LogP contribution >= 0.6 is 0 Å². The summed E-state index contributed by atoms with van der Waals surface area (Å²) in [5.74, 6) is 0. The zero-order valence-corrected chi connectivity index (χ0v) is 10.1. The largest absolute Gasteiger partial charge is 0.313 e. The van der Waals surface area contributed by atoms with Crippen molar-refractivity contribution >= 4 is 0 Å². The number of nitrogens with one attached hydrogen (secondary N) is 1. The second-order valence-corrected chi connectivity index (χ2v) is 4.47. The van der Waals surface area contributed by atoms with Gasteiger partial charge in [0.2, 0.25) is 0 Å². The number of aromatic nitrogens is 2. The van der Waals surface area contributed by atoms with E-state index in [0.29, 0.717) is 0 Å². The number of nitrogens with zero attached hydrogens (tertiary/aromatic N) is 3. The van der Waals surface area contributed by atoms with E-state index in [-0.39, 0.29) is 0 Å². The highest BCUT2D eigenvalue weighted by Crippen LogP contribution is 2.09. The zero-order chi connectivity index (χ0) is 11.2. The molecule has 90 valence electrons. The highest BCUT2D eigenvalue weighted by molar-refractivity contribution is 4.81. The van der Waals surface area contributed by atoms with Gasteiger partial charge in [-0.15, -0.1) is 0 Å². The summed E-state index contributed by atoms with van der Waals surface area (Å²) in [6.07, 6.45) is 6.37. The van der Waals surface area contributed by atoms with Crippen molar-refractivity contribution in [2.24, 2.45) is 0 Å². The SMILES string of the molecule is CCNC1CCN(CCCn2cccn2)C1. The average Bonchev–Trinajstić information content (AvgIpc) is 2.90. The fourth-order valence-electron chi connectivity index (χ4n) is 2.38. The Bertz CT molecular complexity index is 283. The van der Waals surface area contributed by atoms with E-state index in [4.69, 9.17) is 0 Å². The monoisotopic (exact) mass is 222 g/mol. The molecule has 0 aliphatic carbocycles. The Morgan fingerprint density at radius 3 is 3.12 bits per heavy atom. The minimum Gasteiger partial charge on any atom is -0.313 e. The van der Waals surface area contributed by atoms with Crippen molar-refractivity contribution < 1.29 is 0 Å². The number of hydrogen-bond acceptors (Lipinski definition) is 3. The fourth-order valence-corrected chi connectivity index (χ4v) is 2.38. The Morgan fingerprint density at radius 2 is 2.38 bits per heavy atom. The molecule has 2 heterocycles. The van der Waals surface area contributed by atoms with Gasteiger partial charge < -0.3 is 10.2 Å². The van der Waals surface area contributed by atoms with Crippen LogP contribution in [0.1, 0.15) is 19.8 Å². The molecule has 1 aliphatic heterocycles. The van der Waals surface area contributed by atoms with Crippen LogP contribution in [0.3, 0.4) is 0 Å². The van der Waals surface area contributed by atoms with E-state index in [1.54, 1.807) is 0 Å². The zero-order valence-electron chi connectivity index (χ0n) is 10.1. The molecule has 1 atom stereocenters. The third-order valence-electron chi connectivity index (χ3n) is 3.19. The van der Waals surface area contributed by atoms with Crippen molar-refractivity contribution in [3.63, 3.8) is 0 Å². The van der Waals surface area contributed by atoms with Gasteiger partial charge in [-0.05, 0) is 38.5 Å². The van der Waals surface area contributed by atoms with E-state index >= 15 is 0 Å². The Balaban J connectivity index is 1.60. The molecule has 1 saturated heterocycles. The lowest BCUT2D eigenvalue weighted by Gasteiger charge is -2.16. The smallest absolute Gasteiger partial charge is 0.0489 e. The Kier molecular flexibility index (Phi) is 4.36. The summed E-state index contributed by atoms with van der Waals surface area (Å²) in [6, 6.07) is 2.70. The molecule has 4 nitrogen and oxygen atoms in total. The van der Waals surface area contributed by atoms with Crippen molar-refractivity contribution in [3.8, 4) is 0 Å². The van der Waals surface area contributed by atoms with Gasteiger partial charge in [-0.2, -0.15) is 5.10 Å². The third kappa shape index (κ3) is 3.32. The third-order valence-corrected chi connectivity index (χ3v) is 3.19. The molecule has 0 bridgehead atoms. The van der Waals surface area contributed by atoms with Gasteiger partial charge >= 0.3 is 0 Å². The van der Waals surface area contributed by atoms with Gasteiger partial charge in [-0.3, -0.25) is 4.68 Å². The molecule has 1 N–H and O–H groups in total. The lowest BCUT2D eigenvalue weighted by Crippen LogP contribution is -2.32. The van der Waals surface area contributed by atoms with E-state index < -0.39 is 0 Å². The predicted octanol–water partition coefficient (Wildman–Crippen LogP) is 0.957. The molecular weight excluding hydrogens is 200 g/mol. The van der Waals surface area contributed by atoms with Crippen LogP contribution in [0.4, 0.5) is 0 Å². The van der Waals surface area contributed by atoms with Crippen LogP contribution in [0.25, 0.3) is 0 Å². The van der Waals surface area contributed by atoms with Gasteiger partial charge in [0.1, 0.15) is 0 Å². The molecule has 1 aliphatic rings. The van der Waals surface area contributed by atoms with Crippen molar-refractivity contribution in [2.45, 2.75) is 32.4 Å². The number of aryl methyl sites for hydroxylation is 1. The molecule has 16 heavy (non-hydrogen) atoms. The molecule has 0 saturated carbocycles. The van der Waals surface area contributed by atoms with E-state index in [9.17, 15) is 0 Å².